The van der Waals surface area contributed by atoms with Crippen molar-refractivity contribution in [3.63, 3.8) is 0 Å². The molecule has 0 unspecified atom stereocenters. The third-order valence-electron chi connectivity index (χ3n) is 4.37. The smallest absolute Gasteiger partial charge is 0.433 e. The quantitative estimate of drug-likeness (QED) is 0.235. The van der Waals surface area contributed by atoms with Crippen LogP contribution in [0.1, 0.15) is 44.6 Å². The normalized spacial score (nSPS) is 11.3. The van der Waals surface area contributed by atoms with Crippen molar-refractivity contribution in [3.8, 4) is 11.5 Å². The number of anilines is 1. The largest absolute Gasteiger partial charge is 0.463 e. The Morgan fingerprint density at radius 2 is 2.03 bits per heavy atom. The van der Waals surface area contributed by atoms with Gasteiger partial charge in [-0.25, -0.2) is 14.8 Å². The fraction of sp³-hybridized carbons (Fsp3) is 0.286. The van der Waals surface area contributed by atoms with Gasteiger partial charge in [0, 0.05) is 0 Å². The number of thioether (sulfide) groups is 1. The molecule has 3 aromatic heterocycles. The Morgan fingerprint density at radius 1 is 1.29 bits per heavy atom. The van der Waals surface area contributed by atoms with Gasteiger partial charge < -0.3 is 20.2 Å². The molecule has 0 aliphatic rings. The van der Waals surface area contributed by atoms with E-state index in [4.69, 9.17) is 14.9 Å². The van der Waals surface area contributed by atoms with E-state index in [1.807, 2.05) is 0 Å². The van der Waals surface area contributed by atoms with Gasteiger partial charge in [0.05, 0.1) is 29.1 Å². The summed E-state index contributed by atoms with van der Waals surface area (Å²) in [5.74, 6) is -2.47. The summed E-state index contributed by atoms with van der Waals surface area (Å²) in [4.78, 5) is 44.3. The molecular formula is C21H19F3N4O5S2. The fourth-order valence-electron chi connectivity index (χ4n) is 2.83. The lowest BCUT2D eigenvalue weighted by Crippen LogP contribution is -2.17. The molecule has 2 amide bonds. The number of hydrogen-bond donors (Lipinski definition) is 2. The Kier molecular flexibility index (Phi) is 8.17. The van der Waals surface area contributed by atoms with E-state index in [2.05, 4.69) is 15.3 Å². The summed E-state index contributed by atoms with van der Waals surface area (Å²) in [6.07, 6.45) is -2.89. The van der Waals surface area contributed by atoms with Crippen molar-refractivity contribution < 1.29 is 36.7 Å². The van der Waals surface area contributed by atoms with E-state index in [0.717, 1.165) is 17.4 Å². The number of thiophene rings is 1. The maximum Gasteiger partial charge on any atom is 0.433 e. The highest BCUT2D eigenvalue weighted by Gasteiger charge is 2.34. The molecule has 3 rings (SSSR count). The second-order valence-electron chi connectivity index (χ2n) is 6.99. The monoisotopic (exact) mass is 528 g/mol. The van der Waals surface area contributed by atoms with Crippen LogP contribution in [0, 0.1) is 6.92 Å². The molecule has 9 nitrogen and oxygen atoms in total. The van der Waals surface area contributed by atoms with Gasteiger partial charge in [-0.3, -0.25) is 9.59 Å². The van der Waals surface area contributed by atoms with Crippen LogP contribution in [-0.2, 0) is 15.7 Å². The molecule has 0 aliphatic carbocycles. The molecule has 0 saturated heterocycles. The molecule has 0 spiro atoms. The number of nitrogens with zero attached hydrogens (tertiary/aromatic N) is 2. The molecule has 3 N–H and O–H groups in total. The summed E-state index contributed by atoms with van der Waals surface area (Å²) < 4.78 is 50.1. The van der Waals surface area contributed by atoms with Crippen LogP contribution >= 0.6 is 23.1 Å². The minimum Gasteiger partial charge on any atom is -0.463 e. The Balaban J connectivity index is 1.81. The van der Waals surface area contributed by atoms with Crippen molar-refractivity contribution in [3.05, 3.63) is 46.2 Å². The predicted octanol–water partition coefficient (Wildman–Crippen LogP) is 4.52. The molecule has 0 aliphatic heterocycles. The molecule has 14 heteroatoms. The molecule has 0 fully saturated rings. The van der Waals surface area contributed by atoms with E-state index >= 15 is 0 Å². The molecule has 3 heterocycles. The number of nitrogens with two attached hydrogens (primary N) is 1. The first-order valence-corrected chi connectivity index (χ1v) is 11.8. The zero-order valence-electron chi connectivity index (χ0n) is 18.4. The fourth-order valence-corrected chi connectivity index (χ4v) is 4.55. The van der Waals surface area contributed by atoms with Crippen LogP contribution < -0.4 is 11.1 Å². The SMILES string of the molecule is CCCOC(=O)c1c(NC(=O)CSc2nc(-c3ccco3)cc(C(F)(F)F)n2)sc(C(N)=O)c1C. The van der Waals surface area contributed by atoms with Gasteiger partial charge in [-0.1, -0.05) is 18.7 Å². The molecular weight excluding hydrogens is 509 g/mol. The zero-order chi connectivity index (χ0) is 25.8. The standard InChI is InChI=1S/C21H19F3N4O5S2/c1-3-6-33-19(31)15-10(2)16(17(25)30)35-18(15)28-14(29)9-34-20-26-11(12-5-4-7-32-12)8-13(27-20)21(22,23)24/h4-5,7-8H,3,6,9H2,1-2H3,(H2,25,30)(H,28,29). The first-order chi connectivity index (χ1) is 16.5. The Bertz CT molecular complexity index is 1240. The van der Waals surface area contributed by atoms with Crippen molar-refractivity contribution in [2.45, 2.75) is 31.6 Å². The van der Waals surface area contributed by atoms with Gasteiger partial charge >= 0.3 is 12.1 Å². The number of rotatable bonds is 9. The van der Waals surface area contributed by atoms with Crippen LogP contribution in [0.25, 0.3) is 11.5 Å². The highest BCUT2D eigenvalue weighted by atomic mass is 32.2. The number of alkyl halides is 3. The minimum absolute atomic E-state index is 0.00831. The number of halogens is 3. The number of hydrogen-bond acceptors (Lipinski definition) is 9. The Labute approximate surface area is 205 Å². The average molecular weight is 529 g/mol. The number of amides is 2. The highest BCUT2D eigenvalue weighted by Crippen LogP contribution is 2.35. The van der Waals surface area contributed by atoms with E-state index < -0.39 is 29.7 Å². The van der Waals surface area contributed by atoms with Gasteiger partial charge in [-0.05, 0) is 37.1 Å². The van der Waals surface area contributed by atoms with Gasteiger partial charge in [-0.2, -0.15) is 13.2 Å². The number of furan rings is 1. The summed E-state index contributed by atoms with van der Waals surface area (Å²) in [6.45, 7) is 3.43. The second kappa shape index (κ2) is 10.9. The molecule has 186 valence electrons. The summed E-state index contributed by atoms with van der Waals surface area (Å²) >= 11 is 1.46. The van der Waals surface area contributed by atoms with Gasteiger partial charge in [0.25, 0.3) is 5.91 Å². The average Bonchev–Trinajstić information content (AvgIpc) is 3.44. The van der Waals surface area contributed by atoms with Gasteiger partial charge in [-0.15, -0.1) is 11.3 Å². The van der Waals surface area contributed by atoms with Crippen LogP contribution in [-0.4, -0.2) is 40.1 Å². The van der Waals surface area contributed by atoms with Crippen LogP contribution in [0.15, 0.2) is 34.0 Å². The van der Waals surface area contributed by atoms with Crippen LogP contribution in [0.2, 0.25) is 0 Å². The predicted molar refractivity (Wildman–Crippen MR) is 122 cm³/mol. The highest BCUT2D eigenvalue weighted by molar-refractivity contribution is 7.99. The van der Waals surface area contributed by atoms with Crippen molar-refractivity contribution in [1.82, 2.24) is 9.97 Å². The van der Waals surface area contributed by atoms with E-state index in [9.17, 15) is 27.6 Å². The first-order valence-electron chi connectivity index (χ1n) is 10.0. The zero-order valence-corrected chi connectivity index (χ0v) is 20.0. The molecule has 0 saturated carbocycles. The summed E-state index contributed by atoms with van der Waals surface area (Å²) in [6, 6.07) is 3.69. The van der Waals surface area contributed by atoms with Crippen LogP contribution in [0.3, 0.4) is 0 Å². The Morgan fingerprint density at radius 3 is 2.63 bits per heavy atom. The van der Waals surface area contributed by atoms with Crippen molar-refractivity contribution in [1.29, 1.82) is 0 Å². The van der Waals surface area contributed by atoms with Crippen molar-refractivity contribution in [2.75, 3.05) is 17.7 Å². The third kappa shape index (κ3) is 6.39. The van der Waals surface area contributed by atoms with Crippen molar-refractivity contribution in [2.24, 2.45) is 5.73 Å². The lowest BCUT2D eigenvalue weighted by molar-refractivity contribution is -0.141. The number of aromatic nitrogens is 2. The maximum absolute atomic E-state index is 13.3. The van der Waals surface area contributed by atoms with E-state index in [-0.39, 0.29) is 50.0 Å². The Hall–Kier alpha value is -3.39. The summed E-state index contributed by atoms with van der Waals surface area (Å²) in [7, 11) is 0. The van der Waals surface area contributed by atoms with Crippen LogP contribution in [0.4, 0.5) is 18.2 Å². The molecule has 0 atom stereocenters. The summed E-state index contributed by atoms with van der Waals surface area (Å²) in [5, 5.41) is 2.24. The molecule has 0 aromatic carbocycles. The second-order valence-corrected chi connectivity index (χ2v) is 8.96. The third-order valence-corrected chi connectivity index (χ3v) is 6.44. The topological polar surface area (TPSA) is 137 Å². The maximum atomic E-state index is 13.3. The number of esters is 1. The van der Waals surface area contributed by atoms with Gasteiger partial charge in [0.2, 0.25) is 5.91 Å². The molecule has 0 radical (unpaired) electrons. The number of carbonyl (C=O) groups excluding carboxylic acids is 3. The van der Waals surface area contributed by atoms with Gasteiger partial charge in [0.15, 0.2) is 10.9 Å². The lowest BCUT2D eigenvalue weighted by Gasteiger charge is -2.10. The number of ether oxygens (including phenoxy) is 1. The van der Waals surface area contributed by atoms with Crippen molar-refractivity contribution >= 4 is 45.9 Å². The lowest BCUT2D eigenvalue weighted by atomic mass is 10.1. The summed E-state index contributed by atoms with van der Waals surface area (Å²) in [5.41, 5.74) is 4.32. The number of carbonyl (C=O) groups is 3. The van der Waals surface area contributed by atoms with E-state index in [0.29, 0.717) is 18.2 Å². The molecule has 0 bridgehead atoms. The van der Waals surface area contributed by atoms with Crippen LogP contribution in [0.5, 0.6) is 0 Å². The molecule has 3 aromatic rings. The van der Waals surface area contributed by atoms with E-state index in [1.54, 1.807) is 6.92 Å². The minimum atomic E-state index is -4.74. The molecule has 35 heavy (non-hydrogen) atoms. The van der Waals surface area contributed by atoms with Gasteiger partial charge in [0.1, 0.15) is 16.4 Å². The number of primary amides is 1. The van der Waals surface area contributed by atoms with E-state index in [1.165, 1.54) is 25.3 Å². The first kappa shape index (κ1) is 26.2. The number of nitrogens with one attached hydrogen (secondary N) is 1.